The summed E-state index contributed by atoms with van der Waals surface area (Å²) < 4.78 is 5.06. The molecule has 0 bridgehead atoms. The van der Waals surface area contributed by atoms with E-state index < -0.39 is 0 Å². The van der Waals surface area contributed by atoms with Crippen LogP contribution in [0.1, 0.15) is 24.5 Å². The molecule has 116 valence electrons. The van der Waals surface area contributed by atoms with E-state index in [0.29, 0.717) is 9.23 Å². The Hall–Kier alpha value is -1.66. The zero-order valence-corrected chi connectivity index (χ0v) is 14.1. The molecule has 1 aromatic rings. The molecule has 0 N–H and O–H groups in total. The summed E-state index contributed by atoms with van der Waals surface area (Å²) in [5.41, 5.74) is 2.22. The lowest BCUT2D eigenvalue weighted by molar-refractivity contribution is -0.140. The van der Waals surface area contributed by atoms with Crippen molar-refractivity contribution in [2.24, 2.45) is 0 Å². The second-order valence-corrected chi connectivity index (χ2v) is 6.43. The van der Waals surface area contributed by atoms with Crippen LogP contribution in [0.4, 0.5) is 0 Å². The average Bonchev–Trinajstić information content (AvgIpc) is 2.79. The Morgan fingerprint density at radius 1 is 1.36 bits per heavy atom. The van der Waals surface area contributed by atoms with Crippen molar-refractivity contribution in [1.29, 1.82) is 0 Å². The van der Waals surface area contributed by atoms with E-state index in [1.165, 1.54) is 29.3 Å². The lowest BCUT2D eigenvalue weighted by Crippen LogP contribution is -2.30. The highest BCUT2D eigenvalue weighted by molar-refractivity contribution is 8.26. The fourth-order valence-corrected chi connectivity index (χ4v) is 3.31. The molecule has 0 spiro atoms. The molecule has 2 rings (SSSR count). The Kier molecular flexibility index (Phi) is 5.74. The molecule has 6 heteroatoms. The second-order valence-electron chi connectivity index (χ2n) is 4.75. The van der Waals surface area contributed by atoms with Gasteiger partial charge in [-0.25, -0.2) is 0 Å². The second kappa shape index (κ2) is 7.56. The zero-order chi connectivity index (χ0) is 16.1. The van der Waals surface area contributed by atoms with E-state index >= 15 is 0 Å². The third kappa shape index (κ3) is 3.96. The molecule has 1 aliphatic heterocycles. The number of methoxy groups -OCH3 is 1. The van der Waals surface area contributed by atoms with Gasteiger partial charge in [0.25, 0.3) is 5.91 Å². The molecule has 1 fully saturated rings. The maximum atomic E-state index is 12.3. The number of rotatable bonds is 5. The number of aryl methyl sites for hydroxylation is 1. The van der Waals surface area contributed by atoms with Crippen LogP contribution < -0.4 is 0 Å². The number of hydrogen-bond donors (Lipinski definition) is 0. The molecule has 1 amide bonds. The third-order valence-electron chi connectivity index (χ3n) is 3.33. The highest BCUT2D eigenvalue weighted by Crippen LogP contribution is 2.32. The van der Waals surface area contributed by atoms with Crippen LogP contribution in [0.3, 0.4) is 0 Å². The lowest BCUT2D eigenvalue weighted by Gasteiger charge is -2.12. The van der Waals surface area contributed by atoms with Crippen LogP contribution in [0.25, 0.3) is 6.08 Å². The summed E-state index contributed by atoms with van der Waals surface area (Å²) >= 11 is 6.48. The summed E-state index contributed by atoms with van der Waals surface area (Å²) in [4.78, 5) is 25.6. The standard InChI is InChI=1S/C16H17NO3S2/c1-3-11-4-6-12(7-5-11)10-13-15(19)17(16(21)22-13)9-8-14(18)20-2/h4-7,10H,3,8-9H2,1-2H3/b13-10+. The topological polar surface area (TPSA) is 46.6 Å². The van der Waals surface area contributed by atoms with Crippen LogP contribution >= 0.6 is 24.0 Å². The third-order valence-corrected chi connectivity index (χ3v) is 4.70. The van der Waals surface area contributed by atoms with Crippen molar-refractivity contribution in [3.05, 3.63) is 40.3 Å². The molecule has 0 saturated carbocycles. The van der Waals surface area contributed by atoms with E-state index in [9.17, 15) is 9.59 Å². The Morgan fingerprint density at radius 3 is 2.64 bits per heavy atom. The van der Waals surface area contributed by atoms with E-state index in [4.69, 9.17) is 12.2 Å². The number of amides is 1. The molecule has 0 aliphatic carbocycles. The highest BCUT2D eigenvalue weighted by atomic mass is 32.2. The van der Waals surface area contributed by atoms with Crippen LogP contribution in [-0.2, 0) is 20.7 Å². The van der Waals surface area contributed by atoms with Gasteiger partial charge in [-0.2, -0.15) is 0 Å². The summed E-state index contributed by atoms with van der Waals surface area (Å²) in [6.07, 6.45) is 2.95. The van der Waals surface area contributed by atoms with Crippen molar-refractivity contribution >= 4 is 46.3 Å². The summed E-state index contributed by atoms with van der Waals surface area (Å²) in [5.74, 6) is -0.508. The SMILES string of the molecule is CCc1ccc(/C=C2/SC(=S)N(CCC(=O)OC)C2=O)cc1. The number of ether oxygens (including phenoxy) is 1. The molecule has 4 nitrogen and oxygen atoms in total. The average molecular weight is 335 g/mol. The van der Waals surface area contributed by atoms with Gasteiger partial charge in [0.05, 0.1) is 18.4 Å². The van der Waals surface area contributed by atoms with Crippen molar-refractivity contribution in [2.75, 3.05) is 13.7 Å². The molecule has 0 atom stereocenters. The van der Waals surface area contributed by atoms with Crippen molar-refractivity contribution in [2.45, 2.75) is 19.8 Å². The maximum Gasteiger partial charge on any atom is 0.307 e. The Bertz CT molecular complexity index is 623. The summed E-state index contributed by atoms with van der Waals surface area (Å²) in [7, 11) is 1.33. The molecule has 1 aliphatic rings. The van der Waals surface area contributed by atoms with Gasteiger partial charge in [-0.15, -0.1) is 0 Å². The molecular weight excluding hydrogens is 318 g/mol. The number of nitrogens with zero attached hydrogens (tertiary/aromatic N) is 1. The van der Waals surface area contributed by atoms with Crippen LogP contribution in [0.15, 0.2) is 29.2 Å². The van der Waals surface area contributed by atoms with E-state index in [0.717, 1.165) is 12.0 Å². The molecule has 0 unspecified atom stereocenters. The zero-order valence-electron chi connectivity index (χ0n) is 12.5. The largest absolute Gasteiger partial charge is 0.469 e. The van der Waals surface area contributed by atoms with Crippen molar-refractivity contribution in [3.63, 3.8) is 0 Å². The summed E-state index contributed by atoms with van der Waals surface area (Å²) in [5, 5.41) is 0. The first-order valence-electron chi connectivity index (χ1n) is 6.96. The minimum absolute atomic E-state index is 0.140. The molecule has 0 aromatic heterocycles. The quantitative estimate of drug-likeness (QED) is 0.470. The van der Waals surface area contributed by atoms with Crippen LogP contribution in [0, 0.1) is 0 Å². The van der Waals surface area contributed by atoms with Gasteiger partial charge in [0, 0.05) is 6.54 Å². The first-order valence-corrected chi connectivity index (χ1v) is 8.18. The molecule has 1 aromatic carbocycles. The van der Waals surface area contributed by atoms with Gasteiger partial charge in [0.1, 0.15) is 4.32 Å². The number of hydrogen-bond acceptors (Lipinski definition) is 5. The molecule has 0 radical (unpaired) electrons. The first-order chi connectivity index (χ1) is 10.5. The van der Waals surface area contributed by atoms with Gasteiger partial charge in [-0.1, -0.05) is 55.2 Å². The first kappa shape index (κ1) is 16.7. The molecule has 1 heterocycles. The normalized spacial score (nSPS) is 16.5. The number of thioether (sulfide) groups is 1. The highest BCUT2D eigenvalue weighted by Gasteiger charge is 2.32. The summed E-state index contributed by atoms with van der Waals surface area (Å²) in [6, 6.07) is 8.06. The lowest BCUT2D eigenvalue weighted by atomic mass is 10.1. The Morgan fingerprint density at radius 2 is 2.05 bits per heavy atom. The van der Waals surface area contributed by atoms with Gasteiger partial charge >= 0.3 is 5.97 Å². The smallest absolute Gasteiger partial charge is 0.307 e. The predicted octanol–water partition coefficient (Wildman–Crippen LogP) is 3.01. The number of thiocarbonyl (C=S) groups is 1. The minimum atomic E-state index is -0.354. The minimum Gasteiger partial charge on any atom is -0.469 e. The Labute approximate surface area is 139 Å². The number of esters is 1. The van der Waals surface area contributed by atoms with Gasteiger partial charge in [0.2, 0.25) is 0 Å². The van der Waals surface area contributed by atoms with Crippen LogP contribution in [-0.4, -0.2) is 34.8 Å². The molecular formula is C16H17NO3S2. The van der Waals surface area contributed by atoms with Gasteiger partial charge < -0.3 is 4.74 Å². The van der Waals surface area contributed by atoms with Crippen LogP contribution in [0.5, 0.6) is 0 Å². The van der Waals surface area contributed by atoms with E-state index in [1.54, 1.807) is 0 Å². The number of benzene rings is 1. The fraction of sp³-hybridized carbons (Fsp3) is 0.312. The number of carbonyl (C=O) groups excluding carboxylic acids is 2. The maximum absolute atomic E-state index is 12.3. The van der Waals surface area contributed by atoms with Crippen LogP contribution in [0.2, 0.25) is 0 Å². The van der Waals surface area contributed by atoms with Crippen molar-refractivity contribution in [3.8, 4) is 0 Å². The van der Waals surface area contributed by atoms with Gasteiger partial charge in [0.15, 0.2) is 0 Å². The van der Waals surface area contributed by atoms with E-state index in [1.807, 2.05) is 30.3 Å². The molecule has 1 saturated heterocycles. The van der Waals surface area contributed by atoms with E-state index in [-0.39, 0.29) is 24.8 Å². The Balaban J connectivity index is 2.09. The van der Waals surface area contributed by atoms with Gasteiger partial charge in [-0.3, -0.25) is 14.5 Å². The van der Waals surface area contributed by atoms with Crippen molar-refractivity contribution in [1.82, 2.24) is 4.90 Å². The number of carbonyl (C=O) groups is 2. The predicted molar refractivity (Wildman–Crippen MR) is 92.3 cm³/mol. The monoisotopic (exact) mass is 335 g/mol. The van der Waals surface area contributed by atoms with Crippen molar-refractivity contribution < 1.29 is 14.3 Å². The molecule has 22 heavy (non-hydrogen) atoms. The summed E-state index contributed by atoms with van der Waals surface area (Å²) in [6.45, 7) is 2.35. The fourth-order valence-electron chi connectivity index (χ4n) is 2.00. The van der Waals surface area contributed by atoms with Gasteiger partial charge in [-0.05, 0) is 23.6 Å². The van der Waals surface area contributed by atoms with E-state index in [2.05, 4.69) is 11.7 Å².